The molecule has 2 N–H and O–H groups in total. The number of benzene rings is 1. The number of hydrogen-bond acceptors (Lipinski definition) is 5. The smallest absolute Gasteiger partial charge is 0.317 e. The highest BCUT2D eigenvalue weighted by molar-refractivity contribution is 5.72. The van der Waals surface area contributed by atoms with Gasteiger partial charge in [-0.25, -0.2) is 0 Å². The van der Waals surface area contributed by atoms with Crippen molar-refractivity contribution in [3.63, 3.8) is 0 Å². The summed E-state index contributed by atoms with van der Waals surface area (Å²) in [6.45, 7) is 0.966. The van der Waals surface area contributed by atoms with E-state index in [0.29, 0.717) is 6.42 Å². The van der Waals surface area contributed by atoms with Crippen LogP contribution >= 0.6 is 0 Å². The molecule has 1 aromatic carbocycles. The van der Waals surface area contributed by atoms with Crippen LogP contribution in [-0.2, 0) is 16.0 Å². The molecular weight excluding hydrogens is 280 g/mol. The van der Waals surface area contributed by atoms with Gasteiger partial charge >= 0.3 is 11.9 Å². The topological polar surface area (TPSA) is 121 Å². The minimum Gasteiger partial charge on any atom is -0.480 e. The van der Waals surface area contributed by atoms with Crippen LogP contribution in [0.15, 0.2) is 24.3 Å². The minimum absolute atomic E-state index is 0.0284. The van der Waals surface area contributed by atoms with Crippen molar-refractivity contribution in [1.82, 2.24) is 4.90 Å². The molecule has 0 aliphatic heterocycles. The summed E-state index contributed by atoms with van der Waals surface area (Å²) in [6.07, 6.45) is 0.401. The Bertz CT molecular complexity index is 512. The summed E-state index contributed by atoms with van der Waals surface area (Å²) in [6, 6.07) is 5.56. The van der Waals surface area contributed by atoms with Crippen molar-refractivity contribution >= 4 is 17.6 Å². The maximum absolute atomic E-state index is 10.8. The summed E-state index contributed by atoms with van der Waals surface area (Å²) in [4.78, 5) is 32.9. The summed E-state index contributed by atoms with van der Waals surface area (Å²) < 4.78 is 0. The number of nitro groups is 1. The molecule has 0 saturated heterocycles. The van der Waals surface area contributed by atoms with Crippen LogP contribution in [0.4, 0.5) is 5.69 Å². The molecule has 0 aromatic heterocycles. The zero-order valence-corrected chi connectivity index (χ0v) is 11.4. The largest absolute Gasteiger partial charge is 0.480 e. The van der Waals surface area contributed by atoms with Gasteiger partial charge in [0.15, 0.2) is 0 Å². The molecule has 1 aromatic rings. The first-order valence-electron chi connectivity index (χ1n) is 6.20. The molecule has 1 rings (SSSR count). The van der Waals surface area contributed by atoms with E-state index < -0.39 is 16.9 Å². The van der Waals surface area contributed by atoms with Crippen molar-refractivity contribution in [2.75, 3.05) is 13.1 Å². The van der Waals surface area contributed by atoms with E-state index in [2.05, 4.69) is 0 Å². The highest BCUT2D eigenvalue weighted by Crippen LogP contribution is 2.14. The van der Waals surface area contributed by atoms with E-state index in [-0.39, 0.29) is 24.8 Å². The molecule has 1 unspecified atom stereocenters. The van der Waals surface area contributed by atoms with E-state index in [9.17, 15) is 19.7 Å². The van der Waals surface area contributed by atoms with Gasteiger partial charge in [-0.05, 0) is 18.9 Å². The number of nitro benzene ring substituents is 1. The van der Waals surface area contributed by atoms with Crippen LogP contribution in [0, 0.1) is 10.1 Å². The van der Waals surface area contributed by atoms with Gasteiger partial charge in [-0.3, -0.25) is 24.6 Å². The quantitative estimate of drug-likeness (QED) is 0.542. The van der Waals surface area contributed by atoms with Crippen molar-refractivity contribution < 1.29 is 24.7 Å². The maximum Gasteiger partial charge on any atom is 0.317 e. The number of hydrogen-bond donors (Lipinski definition) is 2. The monoisotopic (exact) mass is 296 g/mol. The SMILES string of the molecule is CC(Cc1ccc([N+](=O)[O-])cc1)N(CC(=O)O)CC(=O)O. The van der Waals surface area contributed by atoms with Crippen LogP contribution in [0.3, 0.4) is 0 Å². The van der Waals surface area contributed by atoms with Gasteiger partial charge in [-0.2, -0.15) is 0 Å². The number of carboxylic acid groups (broad SMARTS) is 2. The van der Waals surface area contributed by atoms with E-state index in [1.54, 1.807) is 19.1 Å². The van der Waals surface area contributed by atoms with Gasteiger partial charge in [-0.1, -0.05) is 12.1 Å². The molecule has 0 aliphatic rings. The molecule has 1 atom stereocenters. The average molecular weight is 296 g/mol. The first-order valence-corrected chi connectivity index (χ1v) is 6.20. The molecule has 0 aliphatic carbocycles. The fourth-order valence-corrected chi connectivity index (χ4v) is 1.94. The molecule has 0 spiro atoms. The van der Waals surface area contributed by atoms with E-state index in [4.69, 9.17) is 10.2 Å². The Kier molecular flexibility index (Phi) is 5.79. The summed E-state index contributed by atoms with van der Waals surface area (Å²) in [7, 11) is 0. The van der Waals surface area contributed by atoms with Crippen molar-refractivity contribution in [2.24, 2.45) is 0 Å². The third-order valence-electron chi connectivity index (χ3n) is 2.98. The van der Waals surface area contributed by atoms with Gasteiger partial charge in [0.1, 0.15) is 0 Å². The Labute approximate surface area is 120 Å². The van der Waals surface area contributed by atoms with Gasteiger partial charge < -0.3 is 10.2 Å². The summed E-state index contributed by atoms with van der Waals surface area (Å²) in [5.74, 6) is -2.21. The molecule has 0 fully saturated rings. The second-order valence-electron chi connectivity index (χ2n) is 4.67. The maximum atomic E-state index is 10.8. The third kappa shape index (κ3) is 5.57. The van der Waals surface area contributed by atoms with Crippen LogP contribution in [-0.4, -0.2) is 51.1 Å². The van der Waals surface area contributed by atoms with Crippen molar-refractivity contribution in [1.29, 1.82) is 0 Å². The van der Waals surface area contributed by atoms with Crippen molar-refractivity contribution in [2.45, 2.75) is 19.4 Å². The number of non-ortho nitro benzene ring substituents is 1. The van der Waals surface area contributed by atoms with Gasteiger partial charge in [0, 0.05) is 18.2 Å². The minimum atomic E-state index is -1.10. The zero-order valence-electron chi connectivity index (χ0n) is 11.4. The Morgan fingerprint density at radius 1 is 1.19 bits per heavy atom. The van der Waals surface area contributed by atoms with Gasteiger partial charge in [0.05, 0.1) is 18.0 Å². The number of carboxylic acids is 2. The number of aliphatic carboxylic acids is 2. The molecule has 0 radical (unpaired) electrons. The number of rotatable bonds is 8. The molecule has 114 valence electrons. The first-order chi connectivity index (χ1) is 9.79. The Morgan fingerprint density at radius 2 is 1.67 bits per heavy atom. The molecular formula is C13H16N2O6. The molecule has 0 heterocycles. The fourth-order valence-electron chi connectivity index (χ4n) is 1.94. The van der Waals surface area contributed by atoms with Crippen LogP contribution in [0.1, 0.15) is 12.5 Å². The van der Waals surface area contributed by atoms with Crippen LogP contribution in [0.25, 0.3) is 0 Å². The molecule has 0 saturated carbocycles. The number of carbonyl (C=O) groups is 2. The van der Waals surface area contributed by atoms with Crippen LogP contribution in [0.5, 0.6) is 0 Å². The Balaban J connectivity index is 2.75. The van der Waals surface area contributed by atoms with E-state index in [0.717, 1.165) is 5.56 Å². The van der Waals surface area contributed by atoms with E-state index in [1.165, 1.54) is 17.0 Å². The molecule has 0 amide bonds. The van der Waals surface area contributed by atoms with Crippen molar-refractivity contribution in [3.05, 3.63) is 39.9 Å². The highest BCUT2D eigenvalue weighted by atomic mass is 16.6. The first kappa shape index (κ1) is 16.6. The van der Waals surface area contributed by atoms with Gasteiger partial charge in [-0.15, -0.1) is 0 Å². The lowest BCUT2D eigenvalue weighted by atomic mass is 10.1. The predicted octanol–water partition coefficient (Wildman–Crippen LogP) is 0.997. The van der Waals surface area contributed by atoms with Crippen LogP contribution in [0.2, 0.25) is 0 Å². The van der Waals surface area contributed by atoms with E-state index >= 15 is 0 Å². The molecule has 0 bridgehead atoms. The fraction of sp³-hybridized carbons (Fsp3) is 0.385. The van der Waals surface area contributed by atoms with Crippen LogP contribution < -0.4 is 0 Å². The zero-order chi connectivity index (χ0) is 16.0. The lowest BCUT2D eigenvalue weighted by Gasteiger charge is -2.25. The standard InChI is InChI=1S/C13H16N2O6/c1-9(14(7-12(16)17)8-13(18)19)6-10-2-4-11(5-3-10)15(20)21/h2-5,9H,6-8H2,1H3,(H,16,17)(H,18,19). The normalized spacial score (nSPS) is 12.1. The second kappa shape index (κ2) is 7.34. The predicted molar refractivity (Wildman–Crippen MR) is 73.1 cm³/mol. The molecule has 21 heavy (non-hydrogen) atoms. The highest BCUT2D eigenvalue weighted by Gasteiger charge is 2.20. The molecule has 8 nitrogen and oxygen atoms in total. The Morgan fingerprint density at radius 3 is 2.05 bits per heavy atom. The lowest BCUT2D eigenvalue weighted by Crippen LogP contribution is -2.41. The number of nitrogens with zero attached hydrogens (tertiary/aromatic N) is 2. The molecule has 8 heteroatoms. The van der Waals surface area contributed by atoms with Gasteiger partial charge in [0.2, 0.25) is 0 Å². The average Bonchev–Trinajstić information content (AvgIpc) is 2.37. The van der Waals surface area contributed by atoms with Gasteiger partial charge in [0.25, 0.3) is 5.69 Å². The van der Waals surface area contributed by atoms with E-state index in [1.807, 2.05) is 0 Å². The van der Waals surface area contributed by atoms with Crippen molar-refractivity contribution in [3.8, 4) is 0 Å². The lowest BCUT2D eigenvalue weighted by molar-refractivity contribution is -0.384. The Hall–Kier alpha value is -2.48. The third-order valence-corrected chi connectivity index (χ3v) is 2.98. The summed E-state index contributed by atoms with van der Waals surface area (Å²) >= 11 is 0. The summed E-state index contributed by atoms with van der Waals surface area (Å²) in [5, 5.41) is 28.2. The summed E-state index contributed by atoms with van der Waals surface area (Å²) in [5.41, 5.74) is 0.744. The second-order valence-corrected chi connectivity index (χ2v) is 4.67.